The van der Waals surface area contributed by atoms with E-state index in [0.29, 0.717) is 12.3 Å². The lowest BCUT2D eigenvalue weighted by atomic mass is 9.99. The Hall–Kier alpha value is -0.630. The van der Waals surface area contributed by atoms with Crippen LogP contribution in [0.4, 0.5) is 0 Å². The minimum absolute atomic E-state index is 0.269. The number of benzene rings is 1. The maximum Gasteiger partial charge on any atom is 0.163 e. The lowest BCUT2D eigenvalue weighted by molar-refractivity contribution is 0.0977. The summed E-state index contributed by atoms with van der Waals surface area (Å²) in [5.74, 6) is 0.949. The van der Waals surface area contributed by atoms with Gasteiger partial charge in [-0.05, 0) is 37.0 Å². The van der Waals surface area contributed by atoms with Crippen molar-refractivity contribution in [3.05, 3.63) is 33.8 Å². The Bertz CT molecular complexity index is 369. The number of ketones is 1. The third-order valence-electron chi connectivity index (χ3n) is 2.67. The second-order valence-electron chi connectivity index (χ2n) is 4.67. The highest BCUT2D eigenvalue weighted by Gasteiger charge is 2.09. The summed E-state index contributed by atoms with van der Waals surface area (Å²) in [6, 6.07) is 5.84. The van der Waals surface area contributed by atoms with Gasteiger partial charge < -0.3 is 0 Å². The summed E-state index contributed by atoms with van der Waals surface area (Å²) in [4.78, 5) is 11.9. The molecule has 0 aliphatic heterocycles. The molecule has 0 fully saturated rings. The average Bonchev–Trinajstić information content (AvgIpc) is 2.16. The maximum absolute atomic E-state index is 11.9. The number of carbonyl (C=O) groups excluding carboxylic acids is 1. The predicted octanol–water partition coefficient (Wildman–Crippen LogP) is 4.77. The molecule has 0 amide bonds. The summed E-state index contributed by atoms with van der Waals surface area (Å²) in [5.41, 5.74) is 1.93. The van der Waals surface area contributed by atoms with Gasteiger partial charge in [-0.25, -0.2) is 0 Å². The van der Waals surface area contributed by atoms with Gasteiger partial charge in [0, 0.05) is 16.5 Å². The smallest absolute Gasteiger partial charge is 0.163 e. The first-order chi connectivity index (χ1) is 7.50. The first-order valence-electron chi connectivity index (χ1n) is 5.80. The monoisotopic (exact) mass is 282 g/mol. The van der Waals surface area contributed by atoms with Crippen molar-refractivity contribution in [2.45, 2.75) is 40.0 Å². The van der Waals surface area contributed by atoms with Gasteiger partial charge in [0.1, 0.15) is 0 Å². The fourth-order valence-corrected chi connectivity index (χ4v) is 2.22. The standard InChI is InChI=1S/C14H19BrO/c1-10(2)5-4-6-14(16)13-8-7-12(15)9-11(13)3/h7-10H,4-6H2,1-3H3. The van der Waals surface area contributed by atoms with Gasteiger partial charge >= 0.3 is 0 Å². The lowest BCUT2D eigenvalue weighted by Crippen LogP contribution is -2.02. The third kappa shape index (κ3) is 4.09. The Morgan fingerprint density at radius 3 is 2.62 bits per heavy atom. The quantitative estimate of drug-likeness (QED) is 0.711. The number of aryl methyl sites for hydroxylation is 1. The molecule has 1 rings (SSSR count). The zero-order valence-corrected chi connectivity index (χ0v) is 11.8. The highest BCUT2D eigenvalue weighted by atomic mass is 79.9. The Morgan fingerprint density at radius 1 is 1.38 bits per heavy atom. The minimum atomic E-state index is 0.269. The Kier molecular flexibility index (Phi) is 5.20. The molecule has 0 spiro atoms. The summed E-state index contributed by atoms with van der Waals surface area (Å²) in [5, 5.41) is 0. The fourth-order valence-electron chi connectivity index (χ4n) is 1.75. The summed E-state index contributed by atoms with van der Waals surface area (Å²) >= 11 is 3.41. The van der Waals surface area contributed by atoms with Crippen molar-refractivity contribution in [1.82, 2.24) is 0 Å². The number of halogens is 1. The Labute approximate surface area is 106 Å². The minimum Gasteiger partial charge on any atom is -0.294 e. The van der Waals surface area contributed by atoms with Gasteiger partial charge in [-0.1, -0.05) is 42.3 Å². The first-order valence-corrected chi connectivity index (χ1v) is 6.59. The van der Waals surface area contributed by atoms with Crippen molar-refractivity contribution in [3.8, 4) is 0 Å². The van der Waals surface area contributed by atoms with E-state index in [1.807, 2.05) is 25.1 Å². The van der Waals surface area contributed by atoms with Gasteiger partial charge in [0.15, 0.2) is 5.78 Å². The van der Waals surface area contributed by atoms with Crippen LogP contribution in [0.5, 0.6) is 0 Å². The number of hydrogen-bond donors (Lipinski definition) is 0. The van der Waals surface area contributed by atoms with Gasteiger partial charge in [0.05, 0.1) is 0 Å². The summed E-state index contributed by atoms with van der Waals surface area (Å²) in [6.45, 7) is 6.37. The van der Waals surface area contributed by atoms with Gasteiger partial charge in [-0.2, -0.15) is 0 Å². The first kappa shape index (κ1) is 13.4. The van der Waals surface area contributed by atoms with Crippen LogP contribution in [0.25, 0.3) is 0 Å². The molecule has 0 aliphatic rings. The normalized spacial score (nSPS) is 10.8. The van der Waals surface area contributed by atoms with E-state index in [2.05, 4.69) is 29.8 Å². The number of hydrogen-bond acceptors (Lipinski definition) is 1. The average molecular weight is 283 g/mol. The predicted molar refractivity (Wildman–Crippen MR) is 71.9 cm³/mol. The third-order valence-corrected chi connectivity index (χ3v) is 3.17. The second-order valence-corrected chi connectivity index (χ2v) is 5.58. The van der Waals surface area contributed by atoms with E-state index in [4.69, 9.17) is 0 Å². The zero-order chi connectivity index (χ0) is 12.1. The van der Waals surface area contributed by atoms with Gasteiger partial charge in [-0.15, -0.1) is 0 Å². The summed E-state index contributed by atoms with van der Waals surface area (Å²) < 4.78 is 1.03. The van der Waals surface area contributed by atoms with E-state index in [-0.39, 0.29) is 5.78 Å². The molecule has 1 aromatic rings. The molecule has 0 unspecified atom stereocenters. The van der Waals surface area contributed by atoms with Crippen LogP contribution in [-0.2, 0) is 0 Å². The van der Waals surface area contributed by atoms with Crippen LogP contribution in [0.3, 0.4) is 0 Å². The second kappa shape index (κ2) is 6.19. The molecule has 0 aliphatic carbocycles. The van der Waals surface area contributed by atoms with Crippen LogP contribution in [-0.4, -0.2) is 5.78 Å². The van der Waals surface area contributed by atoms with Crippen LogP contribution < -0.4 is 0 Å². The van der Waals surface area contributed by atoms with E-state index in [1.165, 1.54) is 0 Å². The molecule has 16 heavy (non-hydrogen) atoms. The molecule has 0 N–H and O–H groups in total. The van der Waals surface area contributed by atoms with Crippen molar-refractivity contribution < 1.29 is 4.79 Å². The zero-order valence-electron chi connectivity index (χ0n) is 10.2. The lowest BCUT2D eigenvalue weighted by Gasteiger charge is -2.06. The van der Waals surface area contributed by atoms with Gasteiger partial charge in [0.25, 0.3) is 0 Å². The fraction of sp³-hybridized carbons (Fsp3) is 0.500. The van der Waals surface area contributed by atoms with E-state index >= 15 is 0 Å². The molecule has 0 radical (unpaired) electrons. The highest BCUT2D eigenvalue weighted by molar-refractivity contribution is 9.10. The molecule has 2 heteroatoms. The van der Waals surface area contributed by atoms with E-state index in [9.17, 15) is 4.79 Å². The van der Waals surface area contributed by atoms with Gasteiger partial charge in [-0.3, -0.25) is 4.79 Å². The van der Waals surface area contributed by atoms with Gasteiger partial charge in [0.2, 0.25) is 0 Å². The summed E-state index contributed by atoms with van der Waals surface area (Å²) in [6.07, 6.45) is 2.79. The number of rotatable bonds is 5. The molecule has 0 saturated carbocycles. The van der Waals surface area contributed by atoms with Crippen LogP contribution in [0, 0.1) is 12.8 Å². The Balaban J connectivity index is 2.59. The van der Waals surface area contributed by atoms with Crippen molar-refractivity contribution >= 4 is 21.7 Å². The molecule has 0 atom stereocenters. The molecule has 0 saturated heterocycles. The molecule has 0 aromatic heterocycles. The maximum atomic E-state index is 11.9. The van der Waals surface area contributed by atoms with Crippen LogP contribution in [0.1, 0.15) is 49.0 Å². The molecule has 88 valence electrons. The van der Waals surface area contributed by atoms with Crippen LogP contribution in [0.15, 0.2) is 22.7 Å². The molecule has 0 bridgehead atoms. The molecular weight excluding hydrogens is 264 g/mol. The number of carbonyl (C=O) groups is 1. The van der Waals surface area contributed by atoms with Crippen LogP contribution >= 0.6 is 15.9 Å². The Morgan fingerprint density at radius 2 is 2.06 bits per heavy atom. The molecule has 1 nitrogen and oxygen atoms in total. The van der Waals surface area contributed by atoms with Crippen molar-refractivity contribution in [2.75, 3.05) is 0 Å². The molecular formula is C14H19BrO. The number of Topliss-reactive ketones (excluding diaryl/α,β-unsaturated/α-hetero) is 1. The van der Waals surface area contributed by atoms with Crippen molar-refractivity contribution in [2.24, 2.45) is 5.92 Å². The largest absolute Gasteiger partial charge is 0.294 e. The van der Waals surface area contributed by atoms with E-state index in [1.54, 1.807) is 0 Å². The van der Waals surface area contributed by atoms with Crippen molar-refractivity contribution in [3.63, 3.8) is 0 Å². The van der Waals surface area contributed by atoms with Crippen LogP contribution in [0.2, 0.25) is 0 Å². The molecule has 1 aromatic carbocycles. The summed E-state index contributed by atoms with van der Waals surface area (Å²) in [7, 11) is 0. The van der Waals surface area contributed by atoms with E-state index < -0.39 is 0 Å². The SMILES string of the molecule is Cc1cc(Br)ccc1C(=O)CCCC(C)C. The topological polar surface area (TPSA) is 17.1 Å². The van der Waals surface area contributed by atoms with E-state index in [0.717, 1.165) is 28.4 Å². The molecule has 0 heterocycles. The van der Waals surface area contributed by atoms with Crippen molar-refractivity contribution in [1.29, 1.82) is 0 Å². The highest BCUT2D eigenvalue weighted by Crippen LogP contribution is 2.18.